The highest BCUT2D eigenvalue weighted by Crippen LogP contribution is 2.31. The van der Waals surface area contributed by atoms with Gasteiger partial charge in [-0.25, -0.2) is 0 Å². The van der Waals surface area contributed by atoms with Crippen molar-refractivity contribution < 1.29 is 5.11 Å². The summed E-state index contributed by atoms with van der Waals surface area (Å²) in [6.07, 6.45) is 1.67. The van der Waals surface area contributed by atoms with Crippen molar-refractivity contribution in [2.24, 2.45) is 4.99 Å². The molecule has 0 saturated heterocycles. The summed E-state index contributed by atoms with van der Waals surface area (Å²) in [7, 11) is 0. The summed E-state index contributed by atoms with van der Waals surface area (Å²) < 4.78 is 2.40. The molecule has 0 aliphatic heterocycles. The van der Waals surface area contributed by atoms with Gasteiger partial charge < -0.3 is 5.11 Å². The van der Waals surface area contributed by atoms with E-state index in [2.05, 4.69) is 4.99 Å². The Kier molecular flexibility index (Phi) is 4.69. The molecular formula is C18H16N2OS2. The monoisotopic (exact) mass is 340 g/mol. The van der Waals surface area contributed by atoms with E-state index in [1.165, 1.54) is 11.3 Å². The van der Waals surface area contributed by atoms with Gasteiger partial charge in [-0.3, -0.25) is 9.56 Å². The van der Waals surface area contributed by atoms with Crippen molar-refractivity contribution in [1.29, 1.82) is 0 Å². The van der Waals surface area contributed by atoms with Crippen molar-refractivity contribution in [2.45, 2.75) is 13.0 Å². The molecule has 0 radical (unpaired) electrons. The maximum absolute atomic E-state index is 10.5. The minimum atomic E-state index is -0.0289. The summed E-state index contributed by atoms with van der Waals surface area (Å²) in [4.78, 5) is 5.06. The van der Waals surface area contributed by atoms with Gasteiger partial charge in [0.05, 0.1) is 17.9 Å². The molecule has 116 valence electrons. The van der Waals surface area contributed by atoms with Gasteiger partial charge in [-0.2, -0.15) is 0 Å². The number of rotatable bonds is 4. The van der Waals surface area contributed by atoms with E-state index in [1.807, 2.05) is 67.6 Å². The van der Waals surface area contributed by atoms with Crippen molar-refractivity contribution in [3.63, 3.8) is 0 Å². The maximum atomic E-state index is 10.5. The van der Waals surface area contributed by atoms with E-state index in [1.54, 1.807) is 10.8 Å². The first-order valence-corrected chi connectivity index (χ1v) is 8.47. The Balaban J connectivity index is 1.94. The molecule has 0 bridgehead atoms. The number of aromatic nitrogens is 1. The third-order valence-electron chi connectivity index (χ3n) is 3.60. The zero-order chi connectivity index (χ0) is 16.2. The first kappa shape index (κ1) is 15.6. The van der Waals surface area contributed by atoms with E-state index >= 15 is 0 Å². The van der Waals surface area contributed by atoms with E-state index in [-0.39, 0.29) is 11.9 Å². The van der Waals surface area contributed by atoms with Crippen LogP contribution in [0.3, 0.4) is 0 Å². The Morgan fingerprint density at radius 2 is 1.70 bits per heavy atom. The summed E-state index contributed by atoms with van der Waals surface area (Å²) in [5.74, 6) is 0.163. The number of aliphatic imine (C=N–C) groups is 1. The minimum absolute atomic E-state index is 0.0289. The zero-order valence-electron chi connectivity index (χ0n) is 12.6. The highest BCUT2D eigenvalue weighted by Gasteiger charge is 2.16. The highest BCUT2D eigenvalue weighted by atomic mass is 32.1. The molecule has 3 aromatic rings. The van der Waals surface area contributed by atoms with Gasteiger partial charge in [0, 0.05) is 0 Å². The molecule has 0 fully saturated rings. The Hall–Kier alpha value is -2.24. The standard InChI is InChI=1S/C18H16N2OS2/c1-13(14-8-4-2-5-9-14)20-17(21)16(23-18(20)22)12-19-15-10-6-3-7-11-15/h2-13,21H,1H3. The first-order valence-electron chi connectivity index (χ1n) is 7.25. The van der Waals surface area contributed by atoms with Crippen molar-refractivity contribution in [2.75, 3.05) is 0 Å². The molecule has 0 saturated carbocycles. The van der Waals surface area contributed by atoms with Crippen LogP contribution in [0, 0.1) is 3.95 Å². The minimum Gasteiger partial charge on any atom is -0.493 e. The second-order valence-electron chi connectivity index (χ2n) is 5.11. The topological polar surface area (TPSA) is 37.5 Å². The number of hydrogen-bond acceptors (Lipinski definition) is 4. The highest BCUT2D eigenvalue weighted by molar-refractivity contribution is 7.73. The number of aromatic hydroxyl groups is 1. The maximum Gasteiger partial charge on any atom is 0.212 e. The largest absolute Gasteiger partial charge is 0.493 e. The Bertz CT molecular complexity index is 867. The summed E-state index contributed by atoms with van der Waals surface area (Å²) in [6, 6.07) is 19.6. The summed E-state index contributed by atoms with van der Waals surface area (Å²) >= 11 is 6.79. The third-order valence-corrected chi connectivity index (χ3v) is 4.92. The van der Waals surface area contributed by atoms with Crippen LogP contribution in [0.2, 0.25) is 0 Å². The predicted octanol–water partition coefficient (Wildman–Crippen LogP) is 5.34. The molecule has 1 unspecified atom stereocenters. The zero-order valence-corrected chi connectivity index (χ0v) is 14.2. The average Bonchev–Trinajstić information content (AvgIpc) is 2.88. The lowest BCUT2D eigenvalue weighted by Gasteiger charge is -2.14. The normalized spacial score (nSPS) is 12.6. The van der Waals surface area contributed by atoms with E-state index in [0.29, 0.717) is 8.83 Å². The van der Waals surface area contributed by atoms with E-state index in [0.717, 1.165) is 11.3 Å². The lowest BCUT2D eigenvalue weighted by atomic mass is 10.1. The van der Waals surface area contributed by atoms with Crippen LogP contribution in [0.4, 0.5) is 5.69 Å². The van der Waals surface area contributed by atoms with Gasteiger partial charge in [0.1, 0.15) is 4.88 Å². The molecule has 1 aromatic heterocycles. The van der Waals surface area contributed by atoms with Crippen molar-refractivity contribution in [3.8, 4) is 5.88 Å². The second kappa shape index (κ2) is 6.89. The van der Waals surface area contributed by atoms with Crippen LogP contribution in [0.25, 0.3) is 0 Å². The van der Waals surface area contributed by atoms with Crippen LogP contribution >= 0.6 is 23.6 Å². The van der Waals surface area contributed by atoms with E-state index in [4.69, 9.17) is 12.2 Å². The van der Waals surface area contributed by atoms with Crippen molar-refractivity contribution in [3.05, 3.63) is 75.1 Å². The van der Waals surface area contributed by atoms with Gasteiger partial charge in [0.15, 0.2) is 3.95 Å². The third kappa shape index (κ3) is 3.41. The fraction of sp³-hybridized carbons (Fsp3) is 0.111. The summed E-state index contributed by atoms with van der Waals surface area (Å²) in [6.45, 7) is 2.02. The fourth-order valence-electron chi connectivity index (χ4n) is 2.35. The van der Waals surface area contributed by atoms with Crippen LogP contribution in [0.1, 0.15) is 23.4 Å². The molecule has 0 aliphatic carbocycles. The Labute approximate surface area is 144 Å². The predicted molar refractivity (Wildman–Crippen MR) is 98.8 cm³/mol. The summed E-state index contributed by atoms with van der Waals surface area (Å²) in [5, 5.41) is 10.5. The van der Waals surface area contributed by atoms with Gasteiger partial charge in [-0.1, -0.05) is 59.9 Å². The van der Waals surface area contributed by atoms with Crippen LogP contribution < -0.4 is 0 Å². The Morgan fingerprint density at radius 3 is 2.35 bits per heavy atom. The van der Waals surface area contributed by atoms with E-state index < -0.39 is 0 Å². The number of hydrogen-bond donors (Lipinski definition) is 1. The SMILES string of the molecule is CC(c1ccccc1)n1c(O)c(C=Nc2ccccc2)sc1=S. The van der Waals surface area contributed by atoms with Gasteiger partial charge >= 0.3 is 0 Å². The van der Waals surface area contributed by atoms with Gasteiger partial charge in [-0.15, -0.1) is 0 Å². The van der Waals surface area contributed by atoms with Gasteiger partial charge in [0.25, 0.3) is 0 Å². The molecule has 0 spiro atoms. The fourth-order valence-corrected chi connectivity index (χ4v) is 3.69. The van der Waals surface area contributed by atoms with Gasteiger partial charge in [0.2, 0.25) is 5.88 Å². The van der Waals surface area contributed by atoms with Crippen LogP contribution in [-0.4, -0.2) is 15.9 Å². The second-order valence-corrected chi connectivity index (χ2v) is 6.78. The van der Waals surface area contributed by atoms with Gasteiger partial charge in [-0.05, 0) is 36.8 Å². The molecule has 0 amide bonds. The quantitative estimate of drug-likeness (QED) is 0.514. The smallest absolute Gasteiger partial charge is 0.212 e. The Morgan fingerprint density at radius 1 is 1.09 bits per heavy atom. The molecule has 1 heterocycles. The molecule has 3 nitrogen and oxygen atoms in total. The van der Waals surface area contributed by atoms with Crippen molar-refractivity contribution >= 4 is 35.5 Å². The molecule has 1 N–H and O–H groups in total. The number of benzene rings is 2. The first-order chi connectivity index (χ1) is 11.2. The number of para-hydroxylation sites is 1. The molecule has 1 atom stereocenters. The molecular weight excluding hydrogens is 324 g/mol. The average molecular weight is 340 g/mol. The summed E-state index contributed by atoms with van der Waals surface area (Å²) in [5.41, 5.74) is 1.94. The molecule has 2 aromatic carbocycles. The van der Waals surface area contributed by atoms with Crippen LogP contribution in [-0.2, 0) is 0 Å². The number of nitrogens with zero attached hydrogens (tertiary/aromatic N) is 2. The molecule has 23 heavy (non-hydrogen) atoms. The molecule has 5 heteroatoms. The van der Waals surface area contributed by atoms with E-state index in [9.17, 15) is 5.11 Å². The molecule has 3 rings (SSSR count). The number of thiazole rings is 1. The van der Waals surface area contributed by atoms with Crippen LogP contribution in [0.15, 0.2) is 65.7 Å². The molecule has 0 aliphatic rings. The lowest BCUT2D eigenvalue weighted by Crippen LogP contribution is -2.06. The lowest BCUT2D eigenvalue weighted by molar-refractivity contribution is 0.405. The van der Waals surface area contributed by atoms with Crippen LogP contribution in [0.5, 0.6) is 5.88 Å². The van der Waals surface area contributed by atoms with Crippen molar-refractivity contribution in [1.82, 2.24) is 4.57 Å².